The topological polar surface area (TPSA) is 69.7 Å². The maximum Gasteiger partial charge on any atom is 0.325 e. The molecule has 1 aromatic carbocycles. The van der Waals surface area contributed by atoms with Crippen molar-refractivity contribution < 1.29 is 14.4 Å². The minimum absolute atomic E-state index is 0.0596. The zero-order chi connectivity index (χ0) is 19.0. The molecule has 27 heavy (non-hydrogen) atoms. The molecule has 0 aromatic heterocycles. The number of nitrogens with one attached hydrogen (secondary N) is 1. The third-order valence-corrected chi connectivity index (χ3v) is 6.31. The molecule has 2 aliphatic heterocycles. The summed E-state index contributed by atoms with van der Waals surface area (Å²) in [6.07, 6.45) is 5.50. The Labute approximate surface area is 159 Å². The van der Waals surface area contributed by atoms with E-state index in [0.29, 0.717) is 11.5 Å². The largest absolute Gasteiger partial charge is 0.339 e. The fourth-order valence-electron chi connectivity index (χ4n) is 4.45. The summed E-state index contributed by atoms with van der Waals surface area (Å²) in [5, 5.41) is 2.95. The van der Waals surface area contributed by atoms with E-state index in [1.54, 1.807) is 12.1 Å². The molecule has 6 nitrogen and oxygen atoms in total. The Morgan fingerprint density at radius 3 is 2.37 bits per heavy atom. The van der Waals surface area contributed by atoms with E-state index in [4.69, 9.17) is 0 Å². The molecule has 1 aromatic rings. The van der Waals surface area contributed by atoms with Gasteiger partial charge in [-0.15, -0.1) is 0 Å². The van der Waals surface area contributed by atoms with E-state index in [0.717, 1.165) is 57.2 Å². The fraction of sp³-hybridized carbons (Fsp3) is 0.571. The molecule has 0 bridgehead atoms. The summed E-state index contributed by atoms with van der Waals surface area (Å²) in [6, 6.07) is 6.99. The SMILES string of the molecule is CC1CCC2(CC1)NC(=O)N(Cc1ccc(C(=O)N3CCCC3)cc1)C2=O. The van der Waals surface area contributed by atoms with Gasteiger partial charge in [-0.25, -0.2) is 4.79 Å². The van der Waals surface area contributed by atoms with Crippen LogP contribution in [0.5, 0.6) is 0 Å². The highest BCUT2D eigenvalue weighted by Gasteiger charge is 2.51. The van der Waals surface area contributed by atoms with Gasteiger partial charge in [0.05, 0.1) is 6.54 Å². The normalized spacial score (nSPS) is 28.1. The van der Waals surface area contributed by atoms with Gasteiger partial charge in [0.1, 0.15) is 5.54 Å². The van der Waals surface area contributed by atoms with E-state index in [9.17, 15) is 14.4 Å². The van der Waals surface area contributed by atoms with Gasteiger partial charge in [0.15, 0.2) is 0 Å². The summed E-state index contributed by atoms with van der Waals surface area (Å²) in [6.45, 7) is 4.09. The zero-order valence-corrected chi connectivity index (χ0v) is 15.9. The molecule has 1 spiro atoms. The number of hydrogen-bond donors (Lipinski definition) is 1. The average molecular weight is 369 g/mol. The molecule has 3 fully saturated rings. The third kappa shape index (κ3) is 3.33. The van der Waals surface area contributed by atoms with Crippen LogP contribution in [0.1, 0.15) is 61.4 Å². The van der Waals surface area contributed by atoms with Crippen molar-refractivity contribution in [2.75, 3.05) is 13.1 Å². The molecule has 4 rings (SSSR count). The number of likely N-dealkylation sites (tertiary alicyclic amines) is 1. The number of nitrogens with zero attached hydrogens (tertiary/aromatic N) is 2. The lowest BCUT2D eigenvalue weighted by molar-refractivity contribution is -0.133. The maximum atomic E-state index is 12.9. The quantitative estimate of drug-likeness (QED) is 0.833. The second kappa shape index (κ2) is 6.98. The molecule has 2 saturated heterocycles. The van der Waals surface area contributed by atoms with Crippen molar-refractivity contribution >= 4 is 17.8 Å². The molecular formula is C21H27N3O3. The lowest BCUT2D eigenvalue weighted by Crippen LogP contribution is -2.49. The number of urea groups is 1. The zero-order valence-electron chi connectivity index (χ0n) is 15.9. The first-order chi connectivity index (χ1) is 13.0. The van der Waals surface area contributed by atoms with Crippen LogP contribution < -0.4 is 5.32 Å². The monoisotopic (exact) mass is 369 g/mol. The van der Waals surface area contributed by atoms with E-state index < -0.39 is 5.54 Å². The number of benzene rings is 1. The second-order valence-corrected chi connectivity index (χ2v) is 8.28. The first-order valence-electron chi connectivity index (χ1n) is 10.0. The summed E-state index contributed by atoms with van der Waals surface area (Å²) < 4.78 is 0. The van der Waals surface area contributed by atoms with Crippen molar-refractivity contribution in [3.8, 4) is 0 Å². The molecule has 0 atom stereocenters. The summed E-state index contributed by atoms with van der Waals surface area (Å²) in [5.41, 5.74) is 0.822. The van der Waals surface area contributed by atoms with Gasteiger partial charge < -0.3 is 10.2 Å². The van der Waals surface area contributed by atoms with Crippen LogP contribution in [0.3, 0.4) is 0 Å². The number of hydrogen-bond acceptors (Lipinski definition) is 3. The van der Waals surface area contributed by atoms with Crippen LogP contribution in [0, 0.1) is 5.92 Å². The van der Waals surface area contributed by atoms with Gasteiger partial charge in [-0.05, 0) is 62.1 Å². The molecule has 3 aliphatic rings. The van der Waals surface area contributed by atoms with Crippen molar-refractivity contribution in [2.45, 2.75) is 57.5 Å². The van der Waals surface area contributed by atoms with Crippen molar-refractivity contribution in [3.05, 3.63) is 35.4 Å². The van der Waals surface area contributed by atoms with Crippen molar-refractivity contribution in [1.82, 2.24) is 15.1 Å². The van der Waals surface area contributed by atoms with Gasteiger partial charge in [0.2, 0.25) is 0 Å². The predicted octanol–water partition coefficient (Wildman–Crippen LogP) is 2.92. The number of carbonyl (C=O) groups excluding carboxylic acids is 3. The molecular weight excluding hydrogens is 342 g/mol. The smallest absolute Gasteiger partial charge is 0.325 e. The summed E-state index contributed by atoms with van der Waals surface area (Å²) in [5.74, 6) is 0.566. The highest BCUT2D eigenvalue weighted by atomic mass is 16.2. The minimum atomic E-state index is -0.699. The molecule has 1 N–H and O–H groups in total. The fourth-order valence-corrected chi connectivity index (χ4v) is 4.45. The Balaban J connectivity index is 1.43. The van der Waals surface area contributed by atoms with Crippen LogP contribution in [0.15, 0.2) is 24.3 Å². The molecule has 1 aliphatic carbocycles. The maximum absolute atomic E-state index is 12.9. The predicted molar refractivity (Wildman–Crippen MR) is 101 cm³/mol. The van der Waals surface area contributed by atoms with Crippen LogP contribution in [-0.4, -0.2) is 46.3 Å². The highest BCUT2D eigenvalue weighted by molar-refractivity contribution is 6.07. The first kappa shape index (κ1) is 18.0. The first-order valence-corrected chi connectivity index (χ1v) is 10.0. The molecule has 0 radical (unpaired) electrons. The number of amides is 4. The number of carbonyl (C=O) groups is 3. The summed E-state index contributed by atoms with van der Waals surface area (Å²) in [4.78, 5) is 41.0. The highest BCUT2D eigenvalue weighted by Crippen LogP contribution is 2.36. The van der Waals surface area contributed by atoms with E-state index in [1.165, 1.54) is 4.90 Å². The Morgan fingerprint density at radius 2 is 1.74 bits per heavy atom. The molecule has 6 heteroatoms. The van der Waals surface area contributed by atoms with E-state index in [1.807, 2.05) is 17.0 Å². The van der Waals surface area contributed by atoms with E-state index >= 15 is 0 Å². The van der Waals surface area contributed by atoms with E-state index in [2.05, 4.69) is 12.2 Å². The Morgan fingerprint density at radius 1 is 1.11 bits per heavy atom. The summed E-state index contributed by atoms with van der Waals surface area (Å²) in [7, 11) is 0. The standard InChI is InChI=1S/C21H27N3O3/c1-15-8-10-21(11-9-15)19(26)24(20(27)22-21)14-16-4-6-17(7-5-16)18(25)23-12-2-3-13-23/h4-7,15H,2-3,8-14H2,1H3,(H,22,27). The van der Waals surface area contributed by atoms with Crippen LogP contribution >= 0.6 is 0 Å². The Kier molecular flexibility index (Phi) is 4.66. The van der Waals surface area contributed by atoms with Gasteiger partial charge in [0, 0.05) is 18.7 Å². The Hall–Kier alpha value is -2.37. The van der Waals surface area contributed by atoms with Crippen molar-refractivity contribution in [2.24, 2.45) is 5.92 Å². The summed E-state index contributed by atoms with van der Waals surface area (Å²) >= 11 is 0. The van der Waals surface area contributed by atoms with Crippen LogP contribution in [-0.2, 0) is 11.3 Å². The molecule has 1 saturated carbocycles. The van der Waals surface area contributed by atoms with E-state index in [-0.39, 0.29) is 24.4 Å². The average Bonchev–Trinajstić information content (AvgIpc) is 3.28. The van der Waals surface area contributed by atoms with Gasteiger partial charge in [0.25, 0.3) is 11.8 Å². The van der Waals surface area contributed by atoms with Gasteiger partial charge >= 0.3 is 6.03 Å². The molecule has 4 amide bonds. The lowest BCUT2D eigenvalue weighted by atomic mass is 9.77. The number of rotatable bonds is 3. The van der Waals surface area contributed by atoms with Crippen LogP contribution in [0.2, 0.25) is 0 Å². The van der Waals surface area contributed by atoms with Gasteiger partial charge in [-0.1, -0.05) is 19.1 Å². The number of imide groups is 1. The van der Waals surface area contributed by atoms with Crippen molar-refractivity contribution in [3.63, 3.8) is 0 Å². The molecule has 0 unspecified atom stereocenters. The van der Waals surface area contributed by atoms with Crippen LogP contribution in [0.25, 0.3) is 0 Å². The molecule has 144 valence electrons. The molecule has 2 heterocycles. The van der Waals surface area contributed by atoms with Gasteiger partial charge in [-0.3, -0.25) is 14.5 Å². The van der Waals surface area contributed by atoms with Crippen molar-refractivity contribution in [1.29, 1.82) is 0 Å². The Bertz CT molecular complexity index is 744. The van der Waals surface area contributed by atoms with Gasteiger partial charge in [-0.2, -0.15) is 0 Å². The lowest BCUT2D eigenvalue weighted by Gasteiger charge is -2.33. The third-order valence-electron chi connectivity index (χ3n) is 6.31. The van der Waals surface area contributed by atoms with Crippen LogP contribution in [0.4, 0.5) is 4.79 Å². The second-order valence-electron chi connectivity index (χ2n) is 8.28. The minimum Gasteiger partial charge on any atom is -0.339 e.